The molecule has 0 N–H and O–H groups in total. The van der Waals surface area contributed by atoms with Gasteiger partial charge in [-0.25, -0.2) is 0 Å². The highest BCUT2D eigenvalue weighted by Crippen LogP contribution is 2.20. The van der Waals surface area contributed by atoms with Crippen LogP contribution in [0, 0.1) is 0 Å². The zero-order valence-corrected chi connectivity index (χ0v) is 7.32. The summed E-state index contributed by atoms with van der Waals surface area (Å²) in [6.45, 7) is 4.22. The van der Waals surface area contributed by atoms with Crippen LogP contribution >= 0.6 is 11.8 Å². The highest BCUT2D eigenvalue weighted by molar-refractivity contribution is 8.14. The average Bonchev–Trinajstić information content (AvgIpc) is 2.37. The van der Waals surface area contributed by atoms with Gasteiger partial charge in [-0.05, 0) is 19.4 Å². The van der Waals surface area contributed by atoms with Crippen molar-refractivity contribution < 1.29 is 0 Å². The number of rotatable bonds is 2. The first-order valence-electron chi connectivity index (χ1n) is 3.70. The van der Waals surface area contributed by atoms with Crippen LogP contribution in [0.1, 0.15) is 20.3 Å². The maximum atomic E-state index is 4.49. The molecule has 1 atom stereocenters. The van der Waals surface area contributed by atoms with Gasteiger partial charge < -0.3 is 0 Å². The van der Waals surface area contributed by atoms with E-state index in [1.54, 1.807) is 0 Å². The van der Waals surface area contributed by atoms with Crippen molar-refractivity contribution in [2.45, 2.75) is 26.3 Å². The van der Waals surface area contributed by atoms with E-state index in [0.29, 0.717) is 6.04 Å². The monoisotopic (exact) mass is 155 g/mol. The van der Waals surface area contributed by atoms with E-state index in [-0.39, 0.29) is 0 Å². The van der Waals surface area contributed by atoms with Gasteiger partial charge in [0.2, 0.25) is 0 Å². The lowest BCUT2D eigenvalue weighted by Crippen LogP contribution is -1.99. The molecule has 0 bridgehead atoms. The maximum Gasteiger partial charge on any atom is 0.0905 e. The molecule has 1 unspecified atom stereocenters. The van der Waals surface area contributed by atoms with Crippen molar-refractivity contribution in [2.75, 3.05) is 5.75 Å². The van der Waals surface area contributed by atoms with Crippen molar-refractivity contribution in [2.24, 2.45) is 4.99 Å². The lowest BCUT2D eigenvalue weighted by atomic mass is 10.3. The second-order valence-electron chi connectivity index (χ2n) is 2.34. The number of nitrogens with zero attached hydrogens (tertiary/aromatic N) is 1. The highest BCUT2D eigenvalue weighted by atomic mass is 32.2. The summed E-state index contributed by atoms with van der Waals surface area (Å²) in [7, 11) is 0. The fourth-order valence-corrected chi connectivity index (χ4v) is 2.01. The van der Waals surface area contributed by atoms with Gasteiger partial charge in [0.1, 0.15) is 0 Å². The Morgan fingerprint density at radius 2 is 2.60 bits per heavy atom. The highest BCUT2D eigenvalue weighted by Gasteiger charge is 2.13. The molecule has 0 radical (unpaired) electrons. The average molecular weight is 155 g/mol. The Bertz CT molecular complexity index is 161. The fourth-order valence-electron chi connectivity index (χ4n) is 0.879. The number of aliphatic imine (C=N–C) groups is 1. The van der Waals surface area contributed by atoms with E-state index >= 15 is 0 Å². The van der Waals surface area contributed by atoms with E-state index in [0.717, 1.165) is 0 Å². The molecule has 0 spiro atoms. The Morgan fingerprint density at radius 3 is 3.10 bits per heavy atom. The SMILES string of the molecule is C/C=C/C1=NC(CC)CS1. The first kappa shape index (κ1) is 7.86. The second kappa shape index (κ2) is 3.81. The van der Waals surface area contributed by atoms with E-state index in [1.165, 1.54) is 17.2 Å². The molecule has 0 aliphatic carbocycles. The second-order valence-corrected chi connectivity index (χ2v) is 3.38. The molecule has 10 heavy (non-hydrogen) atoms. The van der Waals surface area contributed by atoms with Crippen molar-refractivity contribution in [3.8, 4) is 0 Å². The van der Waals surface area contributed by atoms with Crippen LogP contribution < -0.4 is 0 Å². The summed E-state index contributed by atoms with van der Waals surface area (Å²) in [6.07, 6.45) is 5.30. The van der Waals surface area contributed by atoms with E-state index in [1.807, 2.05) is 24.8 Å². The van der Waals surface area contributed by atoms with Crippen LogP contribution in [0.15, 0.2) is 17.1 Å². The molecule has 0 saturated heterocycles. The Hall–Kier alpha value is -0.240. The maximum absolute atomic E-state index is 4.49. The largest absolute Gasteiger partial charge is 0.274 e. The molecule has 0 aromatic heterocycles. The molecule has 0 aromatic rings. The van der Waals surface area contributed by atoms with Crippen LogP contribution in [-0.2, 0) is 0 Å². The van der Waals surface area contributed by atoms with Gasteiger partial charge in [-0.15, -0.1) is 11.8 Å². The van der Waals surface area contributed by atoms with Crippen LogP contribution in [0.25, 0.3) is 0 Å². The molecule has 0 fully saturated rings. The van der Waals surface area contributed by atoms with Crippen molar-refractivity contribution in [1.29, 1.82) is 0 Å². The third kappa shape index (κ3) is 1.87. The molecule has 2 heteroatoms. The Balaban J connectivity index is 2.48. The van der Waals surface area contributed by atoms with Gasteiger partial charge in [-0.1, -0.05) is 13.0 Å². The van der Waals surface area contributed by atoms with Crippen LogP contribution in [0.4, 0.5) is 0 Å². The summed E-state index contributed by atoms with van der Waals surface area (Å²) in [5.74, 6) is 1.18. The van der Waals surface area contributed by atoms with Crippen LogP contribution in [0.5, 0.6) is 0 Å². The summed E-state index contributed by atoms with van der Waals surface area (Å²) >= 11 is 1.86. The molecule has 0 amide bonds. The quantitative estimate of drug-likeness (QED) is 0.596. The number of allylic oxidation sites excluding steroid dienone is 1. The summed E-state index contributed by atoms with van der Waals surface area (Å²) < 4.78 is 0. The summed E-state index contributed by atoms with van der Waals surface area (Å²) in [6, 6.07) is 0.580. The van der Waals surface area contributed by atoms with Gasteiger partial charge in [0.05, 0.1) is 11.1 Å². The van der Waals surface area contributed by atoms with E-state index in [9.17, 15) is 0 Å². The molecule has 0 saturated carbocycles. The van der Waals surface area contributed by atoms with Crippen LogP contribution in [-0.4, -0.2) is 16.8 Å². The van der Waals surface area contributed by atoms with Gasteiger partial charge in [-0.2, -0.15) is 0 Å². The summed E-state index contributed by atoms with van der Waals surface area (Å²) in [5, 5.41) is 1.20. The standard InChI is InChI=1S/C8H13NS/c1-3-5-8-9-7(4-2)6-10-8/h3,5,7H,4,6H2,1-2H3/b5-3+. The lowest BCUT2D eigenvalue weighted by molar-refractivity contribution is 0.738. The minimum Gasteiger partial charge on any atom is -0.274 e. The molecular weight excluding hydrogens is 142 g/mol. The number of thioether (sulfide) groups is 1. The van der Waals surface area contributed by atoms with Crippen LogP contribution in [0.3, 0.4) is 0 Å². The predicted molar refractivity (Wildman–Crippen MR) is 48.8 cm³/mol. The lowest BCUT2D eigenvalue weighted by Gasteiger charge is -1.95. The van der Waals surface area contributed by atoms with Crippen molar-refractivity contribution in [3.05, 3.63) is 12.2 Å². The van der Waals surface area contributed by atoms with Gasteiger partial charge in [0, 0.05) is 5.75 Å². The molecule has 56 valence electrons. The molecule has 1 aliphatic heterocycles. The molecule has 1 heterocycles. The number of hydrogen-bond acceptors (Lipinski definition) is 2. The Morgan fingerprint density at radius 1 is 1.80 bits per heavy atom. The van der Waals surface area contributed by atoms with E-state index in [2.05, 4.69) is 18.0 Å². The van der Waals surface area contributed by atoms with Gasteiger partial charge in [-0.3, -0.25) is 4.99 Å². The zero-order valence-electron chi connectivity index (χ0n) is 6.50. The molecular formula is C8H13NS. The van der Waals surface area contributed by atoms with Crippen LogP contribution in [0.2, 0.25) is 0 Å². The summed E-state index contributed by atoms with van der Waals surface area (Å²) in [4.78, 5) is 4.49. The van der Waals surface area contributed by atoms with E-state index in [4.69, 9.17) is 0 Å². The normalized spacial score (nSPS) is 25.8. The molecule has 1 nitrogen and oxygen atoms in total. The Kier molecular flexibility index (Phi) is 3.00. The van der Waals surface area contributed by atoms with Gasteiger partial charge >= 0.3 is 0 Å². The number of hydrogen-bond donors (Lipinski definition) is 0. The minimum atomic E-state index is 0.580. The summed E-state index contributed by atoms with van der Waals surface area (Å²) in [5.41, 5.74) is 0. The van der Waals surface area contributed by atoms with E-state index < -0.39 is 0 Å². The molecule has 1 aliphatic rings. The predicted octanol–water partition coefficient (Wildman–Crippen LogP) is 2.49. The third-order valence-electron chi connectivity index (χ3n) is 1.51. The third-order valence-corrected chi connectivity index (χ3v) is 2.60. The smallest absolute Gasteiger partial charge is 0.0905 e. The van der Waals surface area contributed by atoms with Crippen molar-refractivity contribution in [1.82, 2.24) is 0 Å². The van der Waals surface area contributed by atoms with Gasteiger partial charge in [0.25, 0.3) is 0 Å². The fraction of sp³-hybridized carbons (Fsp3) is 0.625. The topological polar surface area (TPSA) is 12.4 Å². The van der Waals surface area contributed by atoms with Crippen molar-refractivity contribution >= 4 is 16.8 Å². The molecule has 1 rings (SSSR count). The first-order chi connectivity index (χ1) is 4.86. The first-order valence-corrected chi connectivity index (χ1v) is 4.68. The van der Waals surface area contributed by atoms with Gasteiger partial charge in [0.15, 0.2) is 0 Å². The minimum absolute atomic E-state index is 0.580. The van der Waals surface area contributed by atoms with Crippen molar-refractivity contribution in [3.63, 3.8) is 0 Å². The molecule has 0 aromatic carbocycles. The Labute approximate surface area is 66.6 Å². The zero-order chi connectivity index (χ0) is 7.40.